The molecule has 4 N–H and O–H groups in total. The Morgan fingerprint density at radius 2 is 2.00 bits per heavy atom. The average molecular weight is 288 g/mol. The topological polar surface area (TPSA) is 92.4 Å². The number of aliphatic hydroxyl groups excluding tert-OH is 1. The van der Waals surface area contributed by atoms with Crippen LogP contribution in [0.25, 0.3) is 0 Å². The van der Waals surface area contributed by atoms with Crippen molar-refractivity contribution in [2.24, 2.45) is 11.7 Å². The van der Waals surface area contributed by atoms with E-state index in [1.165, 1.54) is 0 Å². The minimum Gasteiger partial charge on any atom is -0.395 e. The van der Waals surface area contributed by atoms with Gasteiger partial charge in [-0.05, 0) is 18.1 Å². The van der Waals surface area contributed by atoms with Crippen LogP contribution in [-0.4, -0.2) is 29.6 Å². The first-order valence-electron chi connectivity index (χ1n) is 6.76. The summed E-state index contributed by atoms with van der Waals surface area (Å²) in [5.41, 5.74) is 6.23. The Labute approximate surface area is 124 Å². The fourth-order valence-electron chi connectivity index (χ4n) is 1.79. The van der Waals surface area contributed by atoms with Crippen molar-refractivity contribution >= 4 is 11.8 Å². The van der Waals surface area contributed by atoms with Crippen LogP contribution in [0, 0.1) is 17.8 Å². The monoisotopic (exact) mass is 288 g/mol. The van der Waals surface area contributed by atoms with E-state index in [2.05, 4.69) is 17.2 Å². The van der Waals surface area contributed by atoms with Crippen LogP contribution in [0.2, 0.25) is 0 Å². The van der Waals surface area contributed by atoms with Crippen LogP contribution in [0.1, 0.15) is 36.2 Å². The van der Waals surface area contributed by atoms with Gasteiger partial charge in [0.25, 0.3) is 5.91 Å². The average Bonchev–Trinajstić information content (AvgIpc) is 2.44. The minimum absolute atomic E-state index is 0.0293. The molecule has 0 bridgehead atoms. The minimum atomic E-state index is -0.726. The number of benzene rings is 1. The largest absolute Gasteiger partial charge is 0.395 e. The third-order valence-corrected chi connectivity index (χ3v) is 2.89. The van der Waals surface area contributed by atoms with Crippen molar-refractivity contribution in [3.63, 3.8) is 0 Å². The normalized spacial score (nSPS) is 11.4. The van der Waals surface area contributed by atoms with Gasteiger partial charge in [0.05, 0.1) is 12.2 Å². The maximum absolute atomic E-state index is 12.3. The van der Waals surface area contributed by atoms with Gasteiger partial charge in [0.15, 0.2) is 0 Å². The van der Waals surface area contributed by atoms with Crippen LogP contribution in [0.15, 0.2) is 24.3 Å². The summed E-state index contributed by atoms with van der Waals surface area (Å²) in [6.07, 6.45) is 0.339. The summed E-state index contributed by atoms with van der Waals surface area (Å²) in [5.74, 6) is 4.56. The van der Waals surface area contributed by atoms with E-state index in [0.717, 1.165) is 0 Å². The summed E-state index contributed by atoms with van der Waals surface area (Å²) in [5, 5.41) is 11.4. The van der Waals surface area contributed by atoms with Gasteiger partial charge in [-0.25, -0.2) is 0 Å². The number of carbonyl (C=O) groups is 2. The number of nitrogens with two attached hydrogens (primary N) is 1. The quantitative estimate of drug-likeness (QED) is 0.695. The van der Waals surface area contributed by atoms with Crippen LogP contribution in [-0.2, 0) is 4.79 Å². The highest BCUT2D eigenvalue weighted by atomic mass is 16.2. The molecule has 1 unspecified atom stereocenters. The maximum atomic E-state index is 12.3. The molecule has 5 heteroatoms. The predicted molar refractivity (Wildman–Crippen MR) is 80.3 cm³/mol. The molecule has 0 saturated heterocycles. The fourth-order valence-corrected chi connectivity index (χ4v) is 1.79. The van der Waals surface area contributed by atoms with Gasteiger partial charge in [0, 0.05) is 12.0 Å². The number of hydrogen-bond acceptors (Lipinski definition) is 3. The fraction of sp³-hybridized carbons (Fsp3) is 0.375. The van der Waals surface area contributed by atoms with E-state index in [4.69, 9.17) is 10.8 Å². The molecule has 0 aromatic heterocycles. The van der Waals surface area contributed by atoms with Crippen LogP contribution in [0.4, 0.5) is 0 Å². The number of amides is 2. The molecule has 112 valence electrons. The molecule has 1 aromatic carbocycles. The molecular formula is C16H20N2O3. The van der Waals surface area contributed by atoms with Crippen molar-refractivity contribution in [2.75, 3.05) is 6.61 Å². The molecule has 1 rings (SSSR count). The third-order valence-electron chi connectivity index (χ3n) is 2.89. The first-order chi connectivity index (χ1) is 9.97. The molecule has 0 spiro atoms. The lowest BCUT2D eigenvalue weighted by Gasteiger charge is -2.19. The number of nitrogens with one attached hydrogen (secondary N) is 1. The number of primary amides is 1. The summed E-state index contributed by atoms with van der Waals surface area (Å²) in [6.45, 7) is 3.59. The highest BCUT2D eigenvalue weighted by molar-refractivity contribution is 5.99. The molecule has 21 heavy (non-hydrogen) atoms. The van der Waals surface area contributed by atoms with Crippen LogP contribution in [0.5, 0.6) is 0 Å². The molecule has 0 heterocycles. The molecule has 0 saturated carbocycles. The lowest BCUT2D eigenvalue weighted by molar-refractivity contribution is -0.120. The zero-order valence-electron chi connectivity index (χ0n) is 12.2. The molecule has 1 aromatic rings. The van der Waals surface area contributed by atoms with Crippen LogP contribution < -0.4 is 11.1 Å². The van der Waals surface area contributed by atoms with Crippen molar-refractivity contribution in [1.82, 2.24) is 5.32 Å². The lowest BCUT2D eigenvalue weighted by Crippen LogP contribution is -2.47. The SMILES string of the molecule is CC(C)C(NC(=O)c1ccccc1C#CCCO)C(N)=O. The van der Waals surface area contributed by atoms with E-state index in [1.54, 1.807) is 24.3 Å². The van der Waals surface area contributed by atoms with Crippen molar-refractivity contribution < 1.29 is 14.7 Å². The summed E-state index contributed by atoms with van der Waals surface area (Å²) in [6, 6.07) is 6.12. The third kappa shape index (κ3) is 4.93. The second-order valence-electron chi connectivity index (χ2n) is 4.92. The van der Waals surface area contributed by atoms with Gasteiger partial charge in [0.1, 0.15) is 6.04 Å². The molecule has 0 aliphatic carbocycles. The second kappa shape index (κ2) is 8.08. The first kappa shape index (κ1) is 16.7. The Morgan fingerprint density at radius 1 is 1.33 bits per heavy atom. The Balaban J connectivity index is 2.98. The van der Waals surface area contributed by atoms with Crippen molar-refractivity contribution in [3.05, 3.63) is 35.4 Å². The van der Waals surface area contributed by atoms with Gasteiger partial charge in [-0.3, -0.25) is 9.59 Å². The van der Waals surface area contributed by atoms with E-state index in [9.17, 15) is 9.59 Å². The first-order valence-corrected chi connectivity index (χ1v) is 6.76. The second-order valence-corrected chi connectivity index (χ2v) is 4.92. The number of hydrogen-bond donors (Lipinski definition) is 3. The lowest BCUT2D eigenvalue weighted by atomic mass is 10.0. The highest BCUT2D eigenvalue weighted by Gasteiger charge is 2.22. The molecule has 0 aliphatic rings. The van der Waals surface area contributed by atoms with Gasteiger partial charge in [0.2, 0.25) is 5.91 Å². The van der Waals surface area contributed by atoms with Crippen LogP contribution >= 0.6 is 0 Å². The van der Waals surface area contributed by atoms with E-state index in [-0.39, 0.29) is 18.4 Å². The Kier molecular flexibility index (Phi) is 6.44. The number of rotatable bonds is 5. The van der Waals surface area contributed by atoms with Gasteiger partial charge in [-0.15, -0.1) is 0 Å². The summed E-state index contributed by atoms with van der Waals surface area (Å²) >= 11 is 0. The molecule has 0 aliphatic heterocycles. The maximum Gasteiger partial charge on any atom is 0.253 e. The molecule has 0 radical (unpaired) electrons. The summed E-state index contributed by atoms with van der Waals surface area (Å²) in [7, 11) is 0. The highest BCUT2D eigenvalue weighted by Crippen LogP contribution is 2.09. The summed E-state index contributed by atoms with van der Waals surface area (Å²) < 4.78 is 0. The zero-order chi connectivity index (χ0) is 15.8. The number of carbonyl (C=O) groups excluding carboxylic acids is 2. The molecule has 5 nitrogen and oxygen atoms in total. The van der Waals surface area contributed by atoms with Crippen molar-refractivity contribution in [1.29, 1.82) is 0 Å². The van der Waals surface area contributed by atoms with Gasteiger partial charge >= 0.3 is 0 Å². The summed E-state index contributed by atoms with van der Waals surface area (Å²) in [4.78, 5) is 23.6. The van der Waals surface area contributed by atoms with Crippen molar-refractivity contribution in [3.8, 4) is 11.8 Å². The standard InChI is InChI=1S/C16H20N2O3/c1-11(2)14(15(17)20)18-16(21)13-9-4-3-7-12(13)8-5-6-10-19/h3-4,7,9,11,14,19H,6,10H2,1-2H3,(H2,17,20)(H,18,21). The Hall–Kier alpha value is -2.32. The van der Waals surface area contributed by atoms with E-state index < -0.39 is 11.9 Å². The van der Waals surface area contributed by atoms with Gasteiger partial charge in [-0.1, -0.05) is 37.8 Å². The Bertz CT molecular complexity index is 570. The zero-order valence-corrected chi connectivity index (χ0v) is 12.2. The van der Waals surface area contributed by atoms with Gasteiger partial charge in [-0.2, -0.15) is 0 Å². The molecule has 1 atom stereocenters. The van der Waals surface area contributed by atoms with Crippen LogP contribution in [0.3, 0.4) is 0 Å². The van der Waals surface area contributed by atoms with Crippen molar-refractivity contribution in [2.45, 2.75) is 26.3 Å². The predicted octanol–water partition coefficient (Wildman–Crippen LogP) is 0.660. The molecule has 0 fully saturated rings. The van der Waals surface area contributed by atoms with E-state index >= 15 is 0 Å². The Morgan fingerprint density at radius 3 is 2.57 bits per heavy atom. The van der Waals surface area contributed by atoms with Gasteiger partial charge < -0.3 is 16.2 Å². The molecular weight excluding hydrogens is 268 g/mol. The van der Waals surface area contributed by atoms with E-state index in [0.29, 0.717) is 17.5 Å². The van der Waals surface area contributed by atoms with E-state index in [1.807, 2.05) is 13.8 Å². The molecule has 2 amide bonds. The number of aliphatic hydroxyl groups is 1. The smallest absolute Gasteiger partial charge is 0.253 e.